The van der Waals surface area contributed by atoms with E-state index in [1.165, 1.54) is 0 Å². The van der Waals surface area contributed by atoms with Crippen molar-refractivity contribution in [2.45, 2.75) is 19.8 Å². The predicted molar refractivity (Wildman–Crippen MR) is 79.5 cm³/mol. The van der Waals surface area contributed by atoms with Gasteiger partial charge in [-0.3, -0.25) is 9.69 Å². The van der Waals surface area contributed by atoms with Crippen LogP contribution in [0.5, 0.6) is 11.5 Å². The van der Waals surface area contributed by atoms with Crippen LogP contribution in [0.4, 0.5) is 0 Å². The Morgan fingerprint density at radius 3 is 2.43 bits per heavy atom. The van der Waals surface area contributed by atoms with Gasteiger partial charge in [-0.25, -0.2) is 0 Å². The minimum Gasteiger partial charge on any atom is -0.494 e. The molecule has 1 aromatic carbocycles. The number of nitrogens with zero attached hydrogens (tertiary/aromatic N) is 1. The number of benzene rings is 1. The largest absolute Gasteiger partial charge is 0.494 e. The molecule has 116 valence electrons. The zero-order valence-corrected chi connectivity index (χ0v) is 12.5. The lowest BCUT2D eigenvalue weighted by Crippen LogP contribution is -2.39. The quantitative estimate of drug-likeness (QED) is 0.639. The molecule has 1 aliphatic rings. The number of carbonyl (C=O) groups excluding carboxylic acids is 1. The molecule has 1 aliphatic heterocycles. The Bertz CT molecular complexity index is 438. The van der Waals surface area contributed by atoms with Gasteiger partial charge in [-0.05, 0) is 63.0 Å². The Hall–Kier alpha value is -1.59. The van der Waals surface area contributed by atoms with Crippen molar-refractivity contribution in [3.8, 4) is 11.5 Å². The third-order valence-corrected chi connectivity index (χ3v) is 3.68. The highest BCUT2D eigenvalue weighted by molar-refractivity contribution is 5.74. The first-order chi connectivity index (χ1) is 10.2. The fourth-order valence-electron chi connectivity index (χ4n) is 2.44. The van der Waals surface area contributed by atoms with E-state index in [2.05, 4.69) is 4.90 Å². The number of likely N-dealkylation sites (tertiary alicyclic amines) is 1. The lowest BCUT2D eigenvalue weighted by atomic mass is 9.98. The number of carbonyl (C=O) groups is 1. The van der Waals surface area contributed by atoms with Crippen LogP contribution in [0.3, 0.4) is 0 Å². The second-order valence-electron chi connectivity index (χ2n) is 5.28. The van der Waals surface area contributed by atoms with Gasteiger partial charge in [0.25, 0.3) is 0 Å². The van der Waals surface area contributed by atoms with E-state index in [1.54, 1.807) is 24.3 Å². The molecule has 0 atom stereocenters. The molecular formula is C16H23NO4. The molecular weight excluding hydrogens is 270 g/mol. The summed E-state index contributed by atoms with van der Waals surface area (Å²) in [5.74, 6) is 1.43. The monoisotopic (exact) mass is 293 g/mol. The van der Waals surface area contributed by atoms with Crippen molar-refractivity contribution in [3.63, 3.8) is 0 Å². The third kappa shape index (κ3) is 5.02. The van der Waals surface area contributed by atoms with Gasteiger partial charge >= 0.3 is 5.97 Å². The van der Waals surface area contributed by atoms with Crippen LogP contribution in [0.1, 0.15) is 19.8 Å². The lowest BCUT2D eigenvalue weighted by molar-refractivity contribution is -0.136. The van der Waals surface area contributed by atoms with E-state index >= 15 is 0 Å². The topological polar surface area (TPSA) is 59.0 Å². The van der Waals surface area contributed by atoms with Crippen molar-refractivity contribution in [1.29, 1.82) is 0 Å². The van der Waals surface area contributed by atoms with E-state index in [9.17, 15) is 4.79 Å². The highest BCUT2D eigenvalue weighted by Gasteiger charge is 2.20. The zero-order valence-electron chi connectivity index (χ0n) is 12.5. The number of rotatable bonds is 6. The van der Waals surface area contributed by atoms with E-state index in [4.69, 9.17) is 14.6 Å². The molecule has 5 heteroatoms. The minimum absolute atomic E-state index is 0.241. The first-order valence-electron chi connectivity index (χ1n) is 7.48. The van der Waals surface area contributed by atoms with Crippen LogP contribution in [0.25, 0.3) is 0 Å². The maximum atomic E-state index is 11.9. The summed E-state index contributed by atoms with van der Waals surface area (Å²) in [6, 6.07) is 7.06. The SMILES string of the molecule is CCOc1ccc(OC(=O)CN2CCC(CO)CC2)cc1. The Morgan fingerprint density at radius 1 is 1.24 bits per heavy atom. The van der Waals surface area contributed by atoms with E-state index < -0.39 is 0 Å². The minimum atomic E-state index is -0.249. The summed E-state index contributed by atoms with van der Waals surface area (Å²) < 4.78 is 10.7. The maximum absolute atomic E-state index is 11.9. The Morgan fingerprint density at radius 2 is 1.86 bits per heavy atom. The maximum Gasteiger partial charge on any atom is 0.325 e. The molecule has 0 radical (unpaired) electrons. The van der Waals surface area contributed by atoms with Crippen LogP contribution in [0, 0.1) is 5.92 Å². The summed E-state index contributed by atoms with van der Waals surface area (Å²) in [6.07, 6.45) is 1.87. The van der Waals surface area contributed by atoms with Gasteiger partial charge < -0.3 is 14.6 Å². The van der Waals surface area contributed by atoms with Crippen molar-refractivity contribution in [3.05, 3.63) is 24.3 Å². The number of hydrogen-bond acceptors (Lipinski definition) is 5. The van der Waals surface area contributed by atoms with Crippen LogP contribution in [0.15, 0.2) is 24.3 Å². The Labute approximate surface area is 125 Å². The van der Waals surface area contributed by atoms with Crippen molar-refractivity contribution >= 4 is 5.97 Å². The summed E-state index contributed by atoms with van der Waals surface area (Å²) in [5, 5.41) is 9.09. The smallest absolute Gasteiger partial charge is 0.325 e. The fraction of sp³-hybridized carbons (Fsp3) is 0.562. The lowest BCUT2D eigenvalue weighted by Gasteiger charge is -2.30. The second-order valence-corrected chi connectivity index (χ2v) is 5.28. The molecule has 2 rings (SSSR count). The van der Waals surface area contributed by atoms with Gasteiger partial charge in [0.1, 0.15) is 11.5 Å². The average Bonchev–Trinajstić information content (AvgIpc) is 2.50. The Balaban J connectivity index is 1.76. The average molecular weight is 293 g/mol. The number of esters is 1. The highest BCUT2D eigenvalue weighted by Crippen LogP contribution is 2.19. The molecule has 1 N–H and O–H groups in total. The van der Waals surface area contributed by atoms with Crippen LogP contribution in [0.2, 0.25) is 0 Å². The summed E-state index contributed by atoms with van der Waals surface area (Å²) in [5.41, 5.74) is 0. The van der Waals surface area contributed by atoms with Gasteiger partial charge in [-0.15, -0.1) is 0 Å². The Kier molecular flexibility index (Phi) is 6.02. The van der Waals surface area contributed by atoms with E-state index in [0.29, 0.717) is 24.8 Å². The zero-order chi connectivity index (χ0) is 15.1. The standard InChI is InChI=1S/C16H23NO4/c1-2-20-14-3-5-15(6-4-14)21-16(19)11-17-9-7-13(12-18)8-10-17/h3-6,13,18H,2,7-12H2,1H3. The molecule has 21 heavy (non-hydrogen) atoms. The summed E-state index contributed by atoms with van der Waals surface area (Å²) in [4.78, 5) is 14.0. The van der Waals surface area contributed by atoms with Gasteiger partial charge in [0, 0.05) is 6.61 Å². The second kappa shape index (κ2) is 8.00. The fourth-order valence-corrected chi connectivity index (χ4v) is 2.44. The van der Waals surface area contributed by atoms with Crippen LogP contribution in [-0.2, 0) is 4.79 Å². The molecule has 1 aromatic rings. The number of piperidine rings is 1. The van der Waals surface area contributed by atoms with Crippen molar-refractivity contribution in [2.24, 2.45) is 5.92 Å². The first kappa shape index (κ1) is 15.8. The van der Waals surface area contributed by atoms with E-state index in [1.807, 2.05) is 6.92 Å². The van der Waals surface area contributed by atoms with Gasteiger partial charge in [0.2, 0.25) is 0 Å². The molecule has 1 saturated heterocycles. The summed E-state index contributed by atoms with van der Waals surface area (Å²) in [6.45, 7) is 4.75. The van der Waals surface area contributed by atoms with Gasteiger partial charge in [0.15, 0.2) is 0 Å². The molecule has 1 fully saturated rings. The molecule has 0 amide bonds. The first-order valence-corrected chi connectivity index (χ1v) is 7.48. The van der Waals surface area contributed by atoms with Crippen LogP contribution in [-0.4, -0.2) is 48.8 Å². The van der Waals surface area contributed by atoms with E-state index in [0.717, 1.165) is 31.7 Å². The van der Waals surface area contributed by atoms with E-state index in [-0.39, 0.29) is 12.6 Å². The molecule has 0 bridgehead atoms. The number of aliphatic hydroxyl groups is 1. The van der Waals surface area contributed by atoms with Gasteiger partial charge in [-0.1, -0.05) is 0 Å². The molecule has 0 aromatic heterocycles. The molecule has 5 nitrogen and oxygen atoms in total. The van der Waals surface area contributed by atoms with Crippen molar-refractivity contribution in [1.82, 2.24) is 4.90 Å². The summed E-state index contributed by atoms with van der Waals surface area (Å²) in [7, 11) is 0. The number of hydrogen-bond donors (Lipinski definition) is 1. The van der Waals surface area contributed by atoms with Crippen molar-refractivity contribution < 1.29 is 19.4 Å². The normalized spacial score (nSPS) is 16.7. The van der Waals surface area contributed by atoms with Crippen molar-refractivity contribution in [2.75, 3.05) is 32.8 Å². The predicted octanol–water partition coefficient (Wildman–Crippen LogP) is 1.69. The number of aliphatic hydroxyl groups excluding tert-OH is 1. The van der Waals surface area contributed by atoms with Crippen LogP contribution >= 0.6 is 0 Å². The highest BCUT2D eigenvalue weighted by atomic mass is 16.5. The molecule has 0 aliphatic carbocycles. The van der Waals surface area contributed by atoms with Gasteiger partial charge in [0.05, 0.1) is 13.2 Å². The summed E-state index contributed by atoms with van der Waals surface area (Å²) >= 11 is 0. The molecule has 1 heterocycles. The van der Waals surface area contributed by atoms with Crippen LogP contribution < -0.4 is 9.47 Å². The molecule has 0 unspecified atom stereocenters. The third-order valence-electron chi connectivity index (χ3n) is 3.68. The van der Waals surface area contributed by atoms with Gasteiger partial charge in [-0.2, -0.15) is 0 Å². The molecule has 0 saturated carbocycles. The molecule has 0 spiro atoms. The number of ether oxygens (including phenoxy) is 2.